The molecule has 6 heteroatoms. The van der Waals surface area contributed by atoms with Gasteiger partial charge >= 0.3 is 11.9 Å². The molecule has 2 aromatic rings. The van der Waals surface area contributed by atoms with Crippen molar-refractivity contribution in [2.45, 2.75) is 39.7 Å². The van der Waals surface area contributed by atoms with Crippen molar-refractivity contribution in [2.75, 3.05) is 6.61 Å². The number of esters is 2. The van der Waals surface area contributed by atoms with E-state index >= 15 is 0 Å². The van der Waals surface area contributed by atoms with Crippen LogP contribution >= 0.6 is 0 Å². The fraction of sp³-hybridized carbons (Fsp3) is 0.389. The smallest absolute Gasteiger partial charge is 0.310 e. The van der Waals surface area contributed by atoms with Gasteiger partial charge in [0.1, 0.15) is 5.75 Å². The number of nitrogens with zero attached hydrogens (tertiary/aromatic N) is 2. The molecule has 2 rings (SSSR count). The number of imidazole rings is 1. The fourth-order valence-corrected chi connectivity index (χ4v) is 2.30. The van der Waals surface area contributed by atoms with Crippen LogP contribution in [0.25, 0.3) is 0 Å². The minimum atomic E-state index is -0.286. The molecule has 0 aliphatic heterocycles. The van der Waals surface area contributed by atoms with Crippen molar-refractivity contribution >= 4 is 11.9 Å². The van der Waals surface area contributed by atoms with E-state index in [9.17, 15) is 9.59 Å². The Hall–Kier alpha value is -2.63. The van der Waals surface area contributed by atoms with E-state index in [1.807, 2.05) is 22.9 Å². The maximum absolute atomic E-state index is 11.6. The molecule has 24 heavy (non-hydrogen) atoms. The number of carbonyl (C=O) groups is 2. The van der Waals surface area contributed by atoms with Gasteiger partial charge in [-0.05, 0) is 36.6 Å². The summed E-state index contributed by atoms with van der Waals surface area (Å²) in [4.78, 5) is 27.1. The van der Waals surface area contributed by atoms with Gasteiger partial charge in [-0.2, -0.15) is 0 Å². The number of ether oxygens (including phenoxy) is 2. The van der Waals surface area contributed by atoms with Gasteiger partial charge in [0, 0.05) is 31.8 Å². The minimum Gasteiger partial charge on any atom is -0.466 e. The van der Waals surface area contributed by atoms with Gasteiger partial charge in [-0.1, -0.05) is 13.0 Å². The van der Waals surface area contributed by atoms with E-state index in [1.165, 1.54) is 0 Å². The predicted molar refractivity (Wildman–Crippen MR) is 88.7 cm³/mol. The average Bonchev–Trinajstić information content (AvgIpc) is 3.06. The number of rotatable bonds is 8. The van der Waals surface area contributed by atoms with Crippen LogP contribution in [0.1, 0.15) is 37.8 Å². The molecule has 6 nitrogen and oxygen atoms in total. The van der Waals surface area contributed by atoms with Gasteiger partial charge in [0.25, 0.3) is 0 Å². The van der Waals surface area contributed by atoms with E-state index in [0.29, 0.717) is 38.2 Å². The van der Waals surface area contributed by atoms with E-state index in [0.717, 1.165) is 11.1 Å². The van der Waals surface area contributed by atoms with E-state index in [-0.39, 0.29) is 11.9 Å². The number of aryl methyl sites for hydroxylation is 1. The molecule has 0 aliphatic rings. The third kappa shape index (κ3) is 5.53. The standard InChI is InChI=1S/C18H22N2O4/c1-3-17(21)24-16-10-14(5-6-18(22)23-4-2)9-15(11-16)12-20-8-7-19-13-20/h7-11,13H,3-6,12H2,1-2H3. The molecular formula is C18H22N2O4. The van der Waals surface area contributed by atoms with Crippen molar-refractivity contribution in [3.63, 3.8) is 0 Å². The summed E-state index contributed by atoms with van der Waals surface area (Å²) < 4.78 is 12.2. The summed E-state index contributed by atoms with van der Waals surface area (Å²) >= 11 is 0. The van der Waals surface area contributed by atoms with E-state index < -0.39 is 0 Å². The molecule has 0 amide bonds. The predicted octanol–water partition coefficient (Wildman–Crippen LogP) is 2.74. The first kappa shape index (κ1) is 17.7. The topological polar surface area (TPSA) is 70.4 Å². The molecule has 0 fully saturated rings. The molecule has 0 bridgehead atoms. The summed E-state index contributed by atoms with van der Waals surface area (Å²) in [5, 5.41) is 0. The SMILES string of the molecule is CCOC(=O)CCc1cc(Cn2ccnc2)cc(OC(=O)CC)c1. The van der Waals surface area contributed by atoms with Gasteiger partial charge in [0.15, 0.2) is 0 Å². The Labute approximate surface area is 141 Å². The summed E-state index contributed by atoms with van der Waals surface area (Å²) in [5.41, 5.74) is 1.91. The zero-order valence-electron chi connectivity index (χ0n) is 14.0. The molecule has 0 unspecified atom stereocenters. The lowest BCUT2D eigenvalue weighted by Crippen LogP contribution is -2.08. The Balaban J connectivity index is 2.16. The zero-order valence-corrected chi connectivity index (χ0v) is 14.0. The molecule has 128 valence electrons. The Morgan fingerprint density at radius 1 is 1.12 bits per heavy atom. The Morgan fingerprint density at radius 2 is 1.92 bits per heavy atom. The molecule has 0 aliphatic carbocycles. The van der Waals surface area contributed by atoms with E-state index in [4.69, 9.17) is 9.47 Å². The Morgan fingerprint density at radius 3 is 2.58 bits per heavy atom. The highest BCUT2D eigenvalue weighted by Crippen LogP contribution is 2.20. The molecular weight excluding hydrogens is 308 g/mol. The summed E-state index contributed by atoms with van der Waals surface area (Å²) in [6.45, 7) is 4.52. The maximum Gasteiger partial charge on any atom is 0.310 e. The van der Waals surface area contributed by atoms with Crippen LogP contribution in [-0.2, 0) is 27.3 Å². The zero-order chi connectivity index (χ0) is 17.4. The number of benzene rings is 1. The summed E-state index contributed by atoms with van der Waals surface area (Å²) in [6, 6.07) is 5.63. The lowest BCUT2D eigenvalue weighted by atomic mass is 10.1. The number of hydrogen-bond acceptors (Lipinski definition) is 5. The minimum absolute atomic E-state index is 0.232. The third-order valence-corrected chi connectivity index (χ3v) is 3.39. The molecule has 0 saturated heterocycles. The maximum atomic E-state index is 11.6. The second-order valence-corrected chi connectivity index (χ2v) is 5.35. The van der Waals surface area contributed by atoms with Gasteiger partial charge in [-0.25, -0.2) is 4.98 Å². The quantitative estimate of drug-likeness (QED) is 0.550. The van der Waals surface area contributed by atoms with Crippen molar-refractivity contribution in [3.05, 3.63) is 48.0 Å². The van der Waals surface area contributed by atoms with E-state index in [2.05, 4.69) is 4.98 Å². The van der Waals surface area contributed by atoms with E-state index in [1.54, 1.807) is 32.4 Å². The number of aromatic nitrogens is 2. The van der Waals surface area contributed by atoms with Gasteiger partial charge in [-0.15, -0.1) is 0 Å². The fourth-order valence-electron chi connectivity index (χ4n) is 2.30. The lowest BCUT2D eigenvalue weighted by molar-refractivity contribution is -0.143. The van der Waals surface area contributed by atoms with Crippen LogP contribution in [0, 0.1) is 0 Å². The van der Waals surface area contributed by atoms with Crippen molar-refractivity contribution < 1.29 is 19.1 Å². The third-order valence-electron chi connectivity index (χ3n) is 3.39. The molecule has 0 spiro atoms. The largest absolute Gasteiger partial charge is 0.466 e. The Bertz CT molecular complexity index is 680. The van der Waals surface area contributed by atoms with Crippen LogP contribution in [0.4, 0.5) is 0 Å². The molecule has 0 atom stereocenters. The van der Waals surface area contributed by atoms with Crippen LogP contribution < -0.4 is 4.74 Å². The molecule has 0 radical (unpaired) electrons. The summed E-state index contributed by atoms with van der Waals surface area (Å²) in [5.74, 6) is -0.0194. The average molecular weight is 330 g/mol. The van der Waals surface area contributed by atoms with Gasteiger partial charge in [0.2, 0.25) is 0 Å². The summed E-state index contributed by atoms with van der Waals surface area (Å²) in [7, 11) is 0. The molecule has 0 saturated carbocycles. The number of hydrogen-bond donors (Lipinski definition) is 0. The van der Waals surface area contributed by atoms with Crippen LogP contribution in [0.2, 0.25) is 0 Å². The van der Waals surface area contributed by atoms with Crippen molar-refractivity contribution in [1.82, 2.24) is 9.55 Å². The monoisotopic (exact) mass is 330 g/mol. The lowest BCUT2D eigenvalue weighted by Gasteiger charge is -2.11. The van der Waals surface area contributed by atoms with Crippen LogP contribution in [-0.4, -0.2) is 28.1 Å². The second-order valence-electron chi connectivity index (χ2n) is 5.35. The molecule has 1 aromatic heterocycles. The highest BCUT2D eigenvalue weighted by atomic mass is 16.5. The summed E-state index contributed by atoms with van der Waals surface area (Å²) in [6.07, 6.45) is 6.44. The van der Waals surface area contributed by atoms with Crippen molar-refractivity contribution in [1.29, 1.82) is 0 Å². The normalized spacial score (nSPS) is 10.4. The number of carbonyl (C=O) groups excluding carboxylic acids is 2. The highest BCUT2D eigenvalue weighted by molar-refractivity contribution is 5.72. The van der Waals surface area contributed by atoms with Gasteiger partial charge in [-0.3, -0.25) is 9.59 Å². The van der Waals surface area contributed by atoms with Crippen molar-refractivity contribution in [2.24, 2.45) is 0 Å². The first-order valence-electron chi connectivity index (χ1n) is 8.05. The Kier molecular flexibility index (Phi) is 6.54. The first-order chi connectivity index (χ1) is 11.6. The van der Waals surface area contributed by atoms with Crippen molar-refractivity contribution in [3.8, 4) is 5.75 Å². The molecule has 1 heterocycles. The highest BCUT2D eigenvalue weighted by Gasteiger charge is 2.09. The van der Waals surface area contributed by atoms with Gasteiger partial charge in [0.05, 0.1) is 12.9 Å². The van der Waals surface area contributed by atoms with Crippen LogP contribution in [0.5, 0.6) is 5.75 Å². The van der Waals surface area contributed by atoms with Crippen LogP contribution in [0.3, 0.4) is 0 Å². The molecule has 1 aromatic carbocycles. The second kappa shape index (κ2) is 8.86. The van der Waals surface area contributed by atoms with Gasteiger partial charge < -0.3 is 14.0 Å². The molecule has 0 N–H and O–H groups in total. The van der Waals surface area contributed by atoms with Crippen LogP contribution in [0.15, 0.2) is 36.9 Å². The first-order valence-corrected chi connectivity index (χ1v) is 8.05.